The molecule has 1 atom stereocenters. The van der Waals surface area contributed by atoms with Crippen LogP contribution in [0.15, 0.2) is 40.9 Å². The molecule has 0 radical (unpaired) electrons. The van der Waals surface area contributed by atoms with Crippen molar-refractivity contribution in [3.05, 3.63) is 62.0 Å². The Balaban J connectivity index is 2.23. The predicted molar refractivity (Wildman–Crippen MR) is 138 cm³/mol. The van der Waals surface area contributed by atoms with Crippen molar-refractivity contribution in [3.8, 4) is 5.75 Å². The molecule has 0 saturated heterocycles. The van der Waals surface area contributed by atoms with E-state index < -0.39 is 6.04 Å². The van der Waals surface area contributed by atoms with Gasteiger partial charge in [-0.15, -0.1) is 0 Å². The van der Waals surface area contributed by atoms with Crippen LogP contribution in [0.5, 0.6) is 5.75 Å². The molecule has 1 N–H and O–H groups in total. The maximum Gasteiger partial charge on any atom is 0.261 e. The quantitative estimate of drug-likeness (QED) is 0.389. The largest absolute Gasteiger partial charge is 0.483 e. The summed E-state index contributed by atoms with van der Waals surface area (Å²) in [5, 5.41) is 3.71. The van der Waals surface area contributed by atoms with Crippen LogP contribution in [0.25, 0.3) is 0 Å². The molecule has 0 aliphatic carbocycles. The summed E-state index contributed by atoms with van der Waals surface area (Å²) in [5.74, 6) is -0.0452. The maximum absolute atomic E-state index is 13.2. The molecule has 33 heavy (non-hydrogen) atoms. The molecule has 0 unspecified atom stereocenters. The number of nitrogens with zero attached hydrogens (tertiary/aromatic N) is 1. The number of halogens is 3. The summed E-state index contributed by atoms with van der Waals surface area (Å²) >= 11 is 16.2. The second kappa shape index (κ2) is 12.1. The first-order chi connectivity index (χ1) is 15.5. The molecule has 2 aromatic rings. The van der Waals surface area contributed by atoms with Crippen LogP contribution in [0, 0.1) is 0 Å². The van der Waals surface area contributed by atoms with Gasteiger partial charge in [0, 0.05) is 28.7 Å². The number of ether oxygens (including phenoxy) is 1. The molecule has 0 aliphatic rings. The lowest BCUT2D eigenvalue weighted by atomic mass is 9.87. The van der Waals surface area contributed by atoms with E-state index in [0.717, 1.165) is 16.5 Å². The van der Waals surface area contributed by atoms with E-state index in [4.69, 9.17) is 27.9 Å². The second-order valence-electron chi connectivity index (χ2n) is 8.87. The molecule has 0 spiro atoms. The second-order valence-corrected chi connectivity index (χ2v) is 10.5. The number of rotatable bonds is 9. The highest BCUT2D eigenvalue weighted by Crippen LogP contribution is 2.32. The number of benzene rings is 2. The normalized spacial score (nSPS) is 12.2. The van der Waals surface area contributed by atoms with E-state index in [1.807, 2.05) is 25.1 Å². The number of amides is 2. The van der Waals surface area contributed by atoms with E-state index in [9.17, 15) is 9.59 Å². The summed E-state index contributed by atoms with van der Waals surface area (Å²) in [7, 11) is 0. The van der Waals surface area contributed by atoms with Gasteiger partial charge in [0.05, 0.1) is 4.47 Å². The van der Waals surface area contributed by atoms with Gasteiger partial charge in [-0.2, -0.15) is 0 Å². The van der Waals surface area contributed by atoms with Crippen LogP contribution >= 0.6 is 39.1 Å². The lowest BCUT2D eigenvalue weighted by Crippen LogP contribution is -2.49. The lowest BCUT2D eigenvalue weighted by Gasteiger charge is -2.29. The molecule has 0 fully saturated rings. The molecule has 2 aromatic carbocycles. The van der Waals surface area contributed by atoms with E-state index in [1.165, 1.54) is 4.90 Å². The van der Waals surface area contributed by atoms with Crippen molar-refractivity contribution >= 4 is 50.9 Å². The zero-order valence-corrected chi connectivity index (χ0v) is 22.8. The van der Waals surface area contributed by atoms with Gasteiger partial charge in [-0.3, -0.25) is 9.59 Å². The minimum Gasteiger partial charge on any atom is -0.483 e. The molecule has 2 amide bonds. The molecule has 0 saturated carbocycles. The zero-order valence-electron chi connectivity index (χ0n) is 19.7. The van der Waals surface area contributed by atoms with E-state index in [2.05, 4.69) is 42.0 Å². The highest BCUT2D eigenvalue weighted by atomic mass is 79.9. The van der Waals surface area contributed by atoms with Gasteiger partial charge in [-0.1, -0.05) is 63.0 Å². The summed E-state index contributed by atoms with van der Waals surface area (Å²) in [6.07, 6.45) is 0.796. The third-order valence-corrected chi connectivity index (χ3v) is 6.58. The Morgan fingerprint density at radius 2 is 1.79 bits per heavy atom. The van der Waals surface area contributed by atoms with Gasteiger partial charge in [0.2, 0.25) is 5.91 Å². The Labute approximate surface area is 214 Å². The molecule has 0 aliphatic heterocycles. The van der Waals surface area contributed by atoms with Crippen LogP contribution in [0.2, 0.25) is 10.0 Å². The Morgan fingerprint density at radius 3 is 2.33 bits per heavy atom. The van der Waals surface area contributed by atoms with Gasteiger partial charge in [0.15, 0.2) is 6.61 Å². The first kappa shape index (κ1) is 27.5. The summed E-state index contributed by atoms with van der Waals surface area (Å²) < 4.78 is 6.58. The molecule has 180 valence electrons. The summed E-state index contributed by atoms with van der Waals surface area (Å²) in [5.41, 5.74) is 1.72. The first-order valence-electron chi connectivity index (χ1n) is 10.9. The predicted octanol–water partition coefficient (Wildman–Crippen LogP) is 6.38. The van der Waals surface area contributed by atoms with Crippen LogP contribution in [-0.4, -0.2) is 35.9 Å². The van der Waals surface area contributed by atoms with Gasteiger partial charge in [-0.05, 0) is 64.5 Å². The Bertz CT molecular complexity index is 972. The van der Waals surface area contributed by atoms with Crippen molar-refractivity contribution in [2.24, 2.45) is 0 Å². The maximum atomic E-state index is 13.2. The molecule has 8 heteroatoms. The molecule has 0 aromatic heterocycles. The minimum atomic E-state index is -0.730. The van der Waals surface area contributed by atoms with Crippen LogP contribution in [0.3, 0.4) is 0 Å². The summed E-state index contributed by atoms with van der Waals surface area (Å²) in [6.45, 7) is 10.4. The van der Waals surface area contributed by atoms with Gasteiger partial charge >= 0.3 is 0 Å². The van der Waals surface area contributed by atoms with Gasteiger partial charge in [0.25, 0.3) is 5.91 Å². The fourth-order valence-electron chi connectivity index (χ4n) is 3.14. The minimum absolute atomic E-state index is 0.0107. The van der Waals surface area contributed by atoms with Gasteiger partial charge in [0.1, 0.15) is 11.8 Å². The third kappa shape index (κ3) is 7.62. The zero-order chi connectivity index (χ0) is 24.8. The van der Waals surface area contributed by atoms with Crippen LogP contribution in [-0.2, 0) is 21.5 Å². The summed E-state index contributed by atoms with van der Waals surface area (Å²) in [4.78, 5) is 27.3. The average Bonchev–Trinajstić information content (AvgIpc) is 2.75. The van der Waals surface area contributed by atoms with Crippen molar-refractivity contribution in [1.29, 1.82) is 0 Å². The Kier molecular flexibility index (Phi) is 10.1. The monoisotopic (exact) mass is 556 g/mol. The molecular weight excluding hydrogens is 527 g/mol. The number of carbonyl (C=O) groups is 2. The lowest BCUT2D eigenvalue weighted by molar-refractivity contribution is -0.142. The fraction of sp³-hybridized carbons (Fsp3) is 0.440. The highest BCUT2D eigenvalue weighted by Gasteiger charge is 2.28. The molecule has 0 bridgehead atoms. The summed E-state index contributed by atoms with van der Waals surface area (Å²) in [6, 6.07) is 10.2. The van der Waals surface area contributed by atoms with Crippen molar-refractivity contribution < 1.29 is 14.3 Å². The smallest absolute Gasteiger partial charge is 0.261 e. The standard InChI is InChI=1S/C25H31BrCl2N2O3/c1-6-12-29-24(32)16(2)30(14-18-20(27)8-7-9-21(18)28)23(31)15-33-22-11-10-17(13-19(22)26)25(3,4)5/h7-11,13,16H,6,12,14-15H2,1-5H3,(H,29,32)/t16-/m1/s1. The van der Waals surface area contributed by atoms with Gasteiger partial charge < -0.3 is 15.0 Å². The Hall–Kier alpha value is -1.76. The van der Waals surface area contributed by atoms with Gasteiger partial charge in [-0.25, -0.2) is 0 Å². The van der Waals surface area contributed by atoms with Crippen LogP contribution < -0.4 is 10.1 Å². The fourth-order valence-corrected chi connectivity index (χ4v) is 4.15. The van der Waals surface area contributed by atoms with Crippen molar-refractivity contribution in [1.82, 2.24) is 10.2 Å². The molecule has 0 heterocycles. The topological polar surface area (TPSA) is 58.6 Å². The third-order valence-electron chi connectivity index (χ3n) is 5.26. The van der Waals surface area contributed by atoms with Crippen LogP contribution in [0.1, 0.15) is 52.2 Å². The highest BCUT2D eigenvalue weighted by molar-refractivity contribution is 9.10. The van der Waals surface area contributed by atoms with E-state index in [1.54, 1.807) is 25.1 Å². The number of carbonyl (C=O) groups excluding carboxylic acids is 2. The average molecular weight is 558 g/mol. The number of hydrogen-bond acceptors (Lipinski definition) is 3. The van der Waals surface area contributed by atoms with E-state index in [-0.39, 0.29) is 30.4 Å². The number of nitrogens with one attached hydrogen (secondary N) is 1. The Morgan fingerprint density at radius 1 is 1.15 bits per heavy atom. The first-order valence-corrected chi connectivity index (χ1v) is 12.4. The van der Waals surface area contributed by atoms with E-state index >= 15 is 0 Å². The molecular formula is C25H31BrCl2N2O3. The van der Waals surface area contributed by atoms with Crippen molar-refractivity contribution in [2.75, 3.05) is 13.2 Å². The van der Waals surface area contributed by atoms with E-state index in [0.29, 0.717) is 27.9 Å². The molecule has 2 rings (SSSR count). The van der Waals surface area contributed by atoms with Crippen LogP contribution in [0.4, 0.5) is 0 Å². The SMILES string of the molecule is CCCNC(=O)[C@@H](C)N(Cc1c(Cl)cccc1Cl)C(=O)COc1ccc(C(C)(C)C)cc1Br. The number of hydrogen-bond donors (Lipinski definition) is 1. The molecule has 5 nitrogen and oxygen atoms in total. The van der Waals surface area contributed by atoms with Crippen molar-refractivity contribution in [2.45, 2.75) is 59.0 Å². The van der Waals surface area contributed by atoms with Crippen molar-refractivity contribution in [3.63, 3.8) is 0 Å².